The van der Waals surface area contributed by atoms with Crippen molar-refractivity contribution < 1.29 is 19.1 Å². The predicted octanol–water partition coefficient (Wildman–Crippen LogP) is 2.75. The summed E-state index contributed by atoms with van der Waals surface area (Å²) in [6, 6.07) is 14.7. The monoisotopic (exact) mass is 404 g/mol. The second-order valence-electron chi connectivity index (χ2n) is 5.23. The second-order valence-corrected chi connectivity index (χ2v) is 6.14. The number of anilines is 1. The molecule has 0 spiro atoms. The number of amides is 2. The number of hydrogen-bond acceptors (Lipinski definition) is 4. The molecule has 0 saturated carbocycles. The molecule has 130 valence electrons. The smallest absolute Gasteiger partial charge is 0.328 e. The van der Waals surface area contributed by atoms with E-state index in [4.69, 9.17) is 4.74 Å². The second kappa shape index (κ2) is 8.98. The average molecular weight is 405 g/mol. The summed E-state index contributed by atoms with van der Waals surface area (Å²) in [5, 5.41) is 5.14. The molecule has 0 aliphatic rings. The standard InChI is InChI=1S/C18H17BrN2O4/c1-12(20-17(23)13-6-3-2-4-7-13)18(24)25-11-16(22)21-15-9-5-8-14(19)10-15/h2-10,12H,11H2,1H3,(H,20,23)(H,21,22)/t12-/m0/s1. The van der Waals surface area contributed by atoms with Crippen molar-refractivity contribution in [2.75, 3.05) is 11.9 Å². The van der Waals surface area contributed by atoms with Gasteiger partial charge in [0.05, 0.1) is 0 Å². The van der Waals surface area contributed by atoms with Gasteiger partial charge < -0.3 is 15.4 Å². The zero-order chi connectivity index (χ0) is 18.2. The molecule has 0 aliphatic carbocycles. The Morgan fingerprint density at radius 2 is 1.80 bits per heavy atom. The molecule has 25 heavy (non-hydrogen) atoms. The maximum absolute atomic E-state index is 12.0. The summed E-state index contributed by atoms with van der Waals surface area (Å²) in [6.07, 6.45) is 0. The maximum atomic E-state index is 12.0. The molecule has 0 heterocycles. The Bertz CT molecular complexity index is 765. The van der Waals surface area contributed by atoms with Gasteiger partial charge in [-0.05, 0) is 37.3 Å². The summed E-state index contributed by atoms with van der Waals surface area (Å²) < 4.78 is 5.75. The number of carbonyl (C=O) groups is 3. The quantitative estimate of drug-likeness (QED) is 0.724. The summed E-state index contributed by atoms with van der Waals surface area (Å²) in [7, 11) is 0. The van der Waals surface area contributed by atoms with E-state index in [2.05, 4.69) is 26.6 Å². The Hall–Kier alpha value is -2.67. The minimum Gasteiger partial charge on any atom is -0.454 e. The number of carbonyl (C=O) groups excluding carboxylic acids is 3. The van der Waals surface area contributed by atoms with Gasteiger partial charge in [0, 0.05) is 15.7 Å². The van der Waals surface area contributed by atoms with Gasteiger partial charge in [0.25, 0.3) is 11.8 Å². The first-order chi connectivity index (χ1) is 12.0. The normalized spacial score (nSPS) is 11.3. The lowest BCUT2D eigenvalue weighted by Crippen LogP contribution is -2.40. The Kier molecular flexibility index (Phi) is 6.71. The van der Waals surface area contributed by atoms with Crippen LogP contribution in [0.3, 0.4) is 0 Å². The van der Waals surface area contributed by atoms with Crippen LogP contribution in [0.5, 0.6) is 0 Å². The van der Waals surface area contributed by atoms with Crippen molar-refractivity contribution in [3.63, 3.8) is 0 Å². The Morgan fingerprint density at radius 3 is 2.48 bits per heavy atom. The van der Waals surface area contributed by atoms with Gasteiger partial charge in [-0.25, -0.2) is 4.79 Å². The number of rotatable bonds is 6. The molecule has 7 heteroatoms. The molecule has 2 aromatic rings. The number of esters is 1. The summed E-state index contributed by atoms with van der Waals surface area (Å²) in [4.78, 5) is 35.7. The van der Waals surface area contributed by atoms with Gasteiger partial charge in [-0.3, -0.25) is 9.59 Å². The average Bonchev–Trinajstić information content (AvgIpc) is 2.60. The van der Waals surface area contributed by atoms with E-state index in [-0.39, 0.29) is 5.91 Å². The molecule has 0 aromatic heterocycles. The molecule has 0 bridgehead atoms. The van der Waals surface area contributed by atoms with E-state index in [0.29, 0.717) is 11.3 Å². The summed E-state index contributed by atoms with van der Waals surface area (Å²) in [6.45, 7) is 1.06. The molecule has 0 aliphatic heterocycles. The molecule has 2 N–H and O–H groups in total. The fourth-order valence-electron chi connectivity index (χ4n) is 1.95. The molecule has 2 amide bonds. The third kappa shape index (κ3) is 6.04. The number of benzene rings is 2. The largest absolute Gasteiger partial charge is 0.454 e. The van der Waals surface area contributed by atoms with Crippen molar-refractivity contribution >= 4 is 39.4 Å². The first kappa shape index (κ1) is 18.7. The lowest BCUT2D eigenvalue weighted by atomic mass is 10.2. The van der Waals surface area contributed by atoms with Crippen molar-refractivity contribution in [2.45, 2.75) is 13.0 Å². The van der Waals surface area contributed by atoms with Crippen molar-refractivity contribution in [3.05, 3.63) is 64.6 Å². The lowest BCUT2D eigenvalue weighted by Gasteiger charge is -2.13. The zero-order valence-corrected chi connectivity index (χ0v) is 15.1. The maximum Gasteiger partial charge on any atom is 0.328 e. The highest BCUT2D eigenvalue weighted by Crippen LogP contribution is 2.15. The number of ether oxygens (including phenoxy) is 1. The van der Waals surface area contributed by atoms with Crippen molar-refractivity contribution in [1.29, 1.82) is 0 Å². The summed E-state index contributed by atoms with van der Waals surface area (Å²) in [5.74, 6) is -1.54. The van der Waals surface area contributed by atoms with Gasteiger partial charge >= 0.3 is 5.97 Å². The third-order valence-electron chi connectivity index (χ3n) is 3.19. The third-order valence-corrected chi connectivity index (χ3v) is 3.68. The van der Waals surface area contributed by atoms with E-state index in [1.165, 1.54) is 6.92 Å². The molecule has 0 fully saturated rings. The van der Waals surface area contributed by atoms with Crippen molar-refractivity contribution in [1.82, 2.24) is 5.32 Å². The van der Waals surface area contributed by atoms with Crippen LogP contribution in [-0.2, 0) is 14.3 Å². The molecule has 2 aromatic carbocycles. The summed E-state index contributed by atoms with van der Waals surface area (Å²) >= 11 is 3.30. The predicted molar refractivity (Wildman–Crippen MR) is 97.1 cm³/mol. The minimum atomic E-state index is -0.869. The van der Waals surface area contributed by atoms with Gasteiger partial charge in [0.15, 0.2) is 6.61 Å². The fraction of sp³-hybridized carbons (Fsp3) is 0.167. The van der Waals surface area contributed by atoms with E-state index in [1.807, 2.05) is 6.07 Å². The van der Waals surface area contributed by atoms with Crippen molar-refractivity contribution in [3.8, 4) is 0 Å². The molecule has 6 nitrogen and oxygen atoms in total. The number of halogens is 1. The minimum absolute atomic E-state index is 0.386. The van der Waals surface area contributed by atoms with E-state index in [1.54, 1.807) is 48.5 Å². The Morgan fingerprint density at radius 1 is 1.08 bits per heavy atom. The van der Waals surface area contributed by atoms with Crippen LogP contribution < -0.4 is 10.6 Å². The van der Waals surface area contributed by atoms with Gasteiger partial charge in [0.1, 0.15) is 6.04 Å². The Balaban J connectivity index is 1.79. The molecule has 0 saturated heterocycles. The van der Waals surface area contributed by atoms with Gasteiger partial charge in [-0.2, -0.15) is 0 Å². The van der Waals surface area contributed by atoms with Crippen LogP contribution in [0.2, 0.25) is 0 Å². The summed E-state index contributed by atoms with van der Waals surface area (Å²) in [5.41, 5.74) is 1.02. The van der Waals surface area contributed by atoms with Crippen LogP contribution >= 0.6 is 15.9 Å². The topological polar surface area (TPSA) is 84.5 Å². The highest BCUT2D eigenvalue weighted by molar-refractivity contribution is 9.10. The van der Waals surface area contributed by atoms with Gasteiger partial charge in [0.2, 0.25) is 0 Å². The van der Waals surface area contributed by atoms with E-state index >= 15 is 0 Å². The van der Waals surface area contributed by atoms with E-state index in [9.17, 15) is 14.4 Å². The van der Waals surface area contributed by atoms with Crippen LogP contribution in [0.4, 0.5) is 5.69 Å². The molecule has 2 rings (SSSR count). The van der Waals surface area contributed by atoms with Gasteiger partial charge in [-0.1, -0.05) is 40.2 Å². The first-order valence-electron chi connectivity index (χ1n) is 7.53. The fourth-order valence-corrected chi connectivity index (χ4v) is 2.35. The number of nitrogens with one attached hydrogen (secondary N) is 2. The molecule has 0 radical (unpaired) electrons. The zero-order valence-electron chi connectivity index (χ0n) is 13.5. The van der Waals surface area contributed by atoms with Crippen molar-refractivity contribution in [2.24, 2.45) is 0 Å². The van der Waals surface area contributed by atoms with Crippen LogP contribution in [0.15, 0.2) is 59.1 Å². The lowest BCUT2D eigenvalue weighted by molar-refractivity contribution is -0.148. The molecular weight excluding hydrogens is 388 g/mol. The van der Waals surface area contributed by atoms with Gasteiger partial charge in [-0.15, -0.1) is 0 Å². The van der Waals surface area contributed by atoms with E-state index in [0.717, 1.165) is 4.47 Å². The van der Waals surface area contributed by atoms with E-state index < -0.39 is 24.5 Å². The highest BCUT2D eigenvalue weighted by atomic mass is 79.9. The Labute approximate surface area is 153 Å². The molecule has 0 unspecified atom stereocenters. The van der Waals surface area contributed by atoms with Crippen LogP contribution in [0.1, 0.15) is 17.3 Å². The van der Waals surface area contributed by atoms with Crippen LogP contribution in [0.25, 0.3) is 0 Å². The molecule has 1 atom stereocenters. The van der Waals surface area contributed by atoms with Crippen LogP contribution in [0, 0.1) is 0 Å². The van der Waals surface area contributed by atoms with Crippen LogP contribution in [-0.4, -0.2) is 30.4 Å². The number of hydrogen-bond donors (Lipinski definition) is 2. The molecular formula is C18H17BrN2O4. The SMILES string of the molecule is C[C@H](NC(=O)c1ccccc1)C(=O)OCC(=O)Nc1cccc(Br)c1. The first-order valence-corrected chi connectivity index (χ1v) is 8.33. The highest BCUT2D eigenvalue weighted by Gasteiger charge is 2.19.